The van der Waals surface area contributed by atoms with Crippen molar-refractivity contribution in [2.75, 3.05) is 6.61 Å². The van der Waals surface area contributed by atoms with E-state index >= 15 is 0 Å². The molecular weight excluding hydrogens is 321 g/mol. The van der Waals surface area contributed by atoms with Gasteiger partial charge in [-0.1, -0.05) is 24.3 Å². The molecule has 104 valence electrons. The largest absolute Gasteiger partial charge is 0.493 e. The number of fused-ring (bicyclic) bond motifs is 1. The van der Waals surface area contributed by atoms with E-state index in [-0.39, 0.29) is 11.9 Å². The van der Waals surface area contributed by atoms with Crippen LogP contribution >= 0.6 is 15.9 Å². The maximum absolute atomic E-state index is 13.3. The Morgan fingerprint density at radius 2 is 2.10 bits per heavy atom. The first kappa shape index (κ1) is 13.6. The zero-order valence-electron chi connectivity index (χ0n) is 10.9. The van der Waals surface area contributed by atoms with Gasteiger partial charge in [-0.2, -0.15) is 0 Å². The number of aryl methyl sites for hydroxylation is 1. The number of hydrogen-bond acceptors (Lipinski definition) is 2. The first-order chi connectivity index (χ1) is 9.66. The molecule has 0 saturated heterocycles. The lowest BCUT2D eigenvalue weighted by molar-refractivity contribution is 0.284. The second kappa shape index (κ2) is 5.54. The van der Waals surface area contributed by atoms with E-state index in [1.165, 1.54) is 11.6 Å². The molecule has 20 heavy (non-hydrogen) atoms. The van der Waals surface area contributed by atoms with Crippen LogP contribution in [0.25, 0.3) is 0 Å². The minimum absolute atomic E-state index is 0.285. The molecule has 0 amide bonds. The molecule has 4 heteroatoms. The van der Waals surface area contributed by atoms with Crippen LogP contribution in [-0.4, -0.2) is 6.61 Å². The normalized spacial score (nSPS) is 15.3. The van der Waals surface area contributed by atoms with E-state index in [2.05, 4.69) is 22.0 Å². The standard InChI is InChI=1S/C16H15BrFNO/c17-13-9-11(6-7-14(13)18)15(19)12-5-1-3-10-4-2-8-20-16(10)12/h1,3,5-7,9,15H,2,4,8,19H2. The Morgan fingerprint density at radius 3 is 2.90 bits per heavy atom. The van der Waals surface area contributed by atoms with Crippen molar-refractivity contribution in [2.24, 2.45) is 5.73 Å². The summed E-state index contributed by atoms with van der Waals surface area (Å²) < 4.78 is 19.5. The second-order valence-electron chi connectivity index (χ2n) is 4.94. The summed E-state index contributed by atoms with van der Waals surface area (Å²) in [7, 11) is 0. The van der Waals surface area contributed by atoms with Gasteiger partial charge in [-0.25, -0.2) is 4.39 Å². The molecule has 1 unspecified atom stereocenters. The fourth-order valence-electron chi connectivity index (χ4n) is 2.54. The third kappa shape index (κ3) is 2.45. The lowest BCUT2D eigenvalue weighted by Gasteiger charge is -2.23. The van der Waals surface area contributed by atoms with Crippen molar-refractivity contribution in [3.05, 3.63) is 63.4 Å². The van der Waals surface area contributed by atoms with Crippen LogP contribution in [-0.2, 0) is 6.42 Å². The molecule has 2 nitrogen and oxygen atoms in total. The van der Waals surface area contributed by atoms with Gasteiger partial charge in [-0.3, -0.25) is 0 Å². The highest BCUT2D eigenvalue weighted by Crippen LogP contribution is 2.35. The van der Waals surface area contributed by atoms with Crippen molar-refractivity contribution in [1.29, 1.82) is 0 Å². The Balaban J connectivity index is 2.02. The monoisotopic (exact) mass is 335 g/mol. The van der Waals surface area contributed by atoms with Gasteiger partial charge < -0.3 is 10.5 Å². The van der Waals surface area contributed by atoms with Gasteiger partial charge in [0.2, 0.25) is 0 Å². The first-order valence-electron chi connectivity index (χ1n) is 6.62. The number of nitrogens with two attached hydrogens (primary N) is 1. The Labute approximate surface area is 125 Å². The highest BCUT2D eigenvalue weighted by atomic mass is 79.9. The van der Waals surface area contributed by atoms with E-state index in [9.17, 15) is 4.39 Å². The maximum Gasteiger partial charge on any atom is 0.137 e. The van der Waals surface area contributed by atoms with Crippen LogP contribution in [0.15, 0.2) is 40.9 Å². The number of rotatable bonds is 2. The molecule has 1 aliphatic heterocycles. The molecule has 2 aromatic rings. The molecule has 0 spiro atoms. The zero-order valence-corrected chi connectivity index (χ0v) is 12.5. The molecule has 0 bridgehead atoms. The van der Waals surface area contributed by atoms with Crippen molar-refractivity contribution in [3.8, 4) is 5.75 Å². The van der Waals surface area contributed by atoms with Crippen molar-refractivity contribution >= 4 is 15.9 Å². The highest BCUT2D eigenvalue weighted by Gasteiger charge is 2.20. The molecule has 0 fully saturated rings. The molecule has 0 aromatic heterocycles. The molecule has 0 aliphatic carbocycles. The number of halogens is 2. The summed E-state index contributed by atoms with van der Waals surface area (Å²) in [5.41, 5.74) is 9.36. The Bertz CT molecular complexity index is 644. The van der Waals surface area contributed by atoms with Gasteiger partial charge in [-0.15, -0.1) is 0 Å². The molecular formula is C16H15BrFNO. The number of benzene rings is 2. The Kier molecular flexibility index (Phi) is 3.76. The molecule has 2 aromatic carbocycles. The molecule has 1 atom stereocenters. The third-order valence-electron chi connectivity index (χ3n) is 3.60. The van der Waals surface area contributed by atoms with Crippen LogP contribution in [0.2, 0.25) is 0 Å². The SMILES string of the molecule is NC(c1ccc(F)c(Br)c1)c1cccc2c1OCCC2. The van der Waals surface area contributed by atoms with Crippen LogP contribution in [0.3, 0.4) is 0 Å². The number of hydrogen-bond donors (Lipinski definition) is 1. The fourth-order valence-corrected chi connectivity index (χ4v) is 2.94. The average Bonchev–Trinajstić information content (AvgIpc) is 2.49. The van der Waals surface area contributed by atoms with E-state index in [1.807, 2.05) is 12.1 Å². The summed E-state index contributed by atoms with van der Waals surface area (Å²) >= 11 is 3.20. The predicted molar refractivity (Wildman–Crippen MR) is 80.4 cm³/mol. The van der Waals surface area contributed by atoms with E-state index in [0.29, 0.717) is 4.47 Å². The van der Waals surface area contributed by atoms with Gasteiger partial charge in [-0.05, 0) is 52.0 Å². The number of ether oxygens (including phenoxy) is 1. The van der Waals surface area contributed by atoms with Crippen LogP contribution < -0.4 is 10.5 Å². The number of para-hydroxylation sites is 1. The average molecular weight is 336 g/mol. The Morgan fingerprint density at radius 1 is 1.25 bits per heavy atom. The second-order valence-corrected chi connectivity index (χ2v) is 5.79. The van der Waals surface area contributed by atoms with Gasteiger partial charge in [0.1, 0.15) is 11.6 Å². The van der Waals surface area contributed by atoms with Crippen LogP contribution in [0.4, 0.5) is 4.39 Å². The fraction of sp³-hybridized carbons (Fsp3) is 0.250. The van der Waals surface area contributed by atoms with Crippen molar-refractivity contribution in [1.82, 2.24) is 0 Å². The predicted octanol–water partition coefficient (Wildman–Crippen LogP) is 3.96. The minimum atomic E-state index is -0.319. The van der Waals surface area contributed by atoms with Gasteiger partial charge in [0.05, 0.1) is 17.1 Å². The summed E-state index contributed by atoms with van der Waals surface area (Å²) in [5.74, 6) is 0.610. The van der Waals surface area contributed by atoms with Crippen LogP contribution in [0.5, 0.6) is 5.75 Å². The lowest BCUT2D eigenvalue weighted by Crippen LogP contribution is -2.17. The summed E-state index contributed by atoms with van der Waals surface area (Å²) in [6.45, 7) is 0.726. The zero-order chi connectivity index (χ0) is 14.1. The molecule has 3 rings (SSSR count). The van der Waals surface area contributed by atoms with Gasteiger partial charge in [0.25, 0.3) is 0 Å². The van der Waals surface area contributed by atoms with Crippen molar-refractivity contribution in [3.63, 3.8) is 0 Å². The van der Waals surface area contributed by atoms with Gasteiger partial charge in [0.15, 0.2) is 0 Å². The van der Waals surface area contributed by atoms with E-state index in [0.717, 1.165) is 36.3 Å². The summed E-state index contributed by atoms with van der Waals surface area (Å²) in [4.78, 5) is 0. The quantitative estimate of drug-likeness (QED) is 0.901. The molecule has 0 radical (unpaired) electrons. The molecule has 0 saturated carbocycles. The molecule has 2 N–H and O–H groups in total. The lowest BCUT2D eigenvalue weighted by atomic mass is 9.94. The summed E-state index contributed by atoms with van der Waals surface area (Å²) in [5, 5.41) is 0. The van der Waals surface area contributed by atoms with Gasteiger partial charge in [0, 0.05) is 5.56 Å². The summed E-state index contributed by atoms with van der Waals surface area (Å²) in [6.07, 6.45) is 2.05. The third-order valence-corrected chi connectivity index (χ3v) is 4.21. The highest BCUT2D eigenvalue weighted by molar-refractivity contribution is 9.10. The van der Waals surface area contributed by atoms with E-state index in [4.69, 9.17) is 10.5 Å². The van der Waals surface area contributed by atoms with Crippen molar-refractivity contribution in [2.45, 2.75) is 18.9 Å². The van der Waals surface area contributed by atoms with Crippen LogP contribution in [0.1, 0.15) is 29.2 Å². The molecule has 1 heterocycles. The van der Waals surface area contributed by atoms with Crippen molar-refractivity contribution < 1.29 is 9.13 Å². The maximum atomic E-state index is 13.3. The van der Waals surface area contributed by atoms with Gasteiger partial charge >= 0.3 is 0 Å². The smallest absolute Gasteiger partial charge is 0.137 e. The van der Waals surface area contributed by atoms with E-state index in [1.54, 1.807) is 12.1 Å². The Hall–Kier alpha value is -1.39. The van der Waals surface area contributed by atoms with Crippen LogP contribution in [0, 0.1) is 5.82 Å². The van der Waals surface area contributed by atoms with E-state index < -0.39 is 0 Å². The molecule has 1 aliphatic rings. The first-order valence-corrected chi connectivity index (χ1v) is 7.41. The topological polar surface area (TPSA) is 35.2 Å². The minimum Gasteiger partial charge on any atom is -0.493 e. The summed E-state index contributed by atoms with van der Waals surface area (Å²) in [6, 6.07) is 10.6.